The standard InChI is InChI=1S/C9H11NO3.ClH/c1-13-8-3-6(5-11)2-7(4-10)9(8)12;/h2-3,5,12H,4,10H2,1H3;1H. The van der Waals surface area contributed by atoms with Gasteiger partial charge in [-0.2, -0.15) is 0 Å². The number of halogens is 1. The van der Waals surface area contributed by atoms with Crippen molar-refractivity contribution in [3.8, 4) is 11.5 Å². The lowest BCUT2D eigenvalue weighted by molar-refractivity contribution is 0.112. The molecule has 0 spiro atoms. The molecule has 0 aliphatic rings. The highest BCUT2D eigenvalue weighted by Crippen LogP contribution is 2.30. The molecule has 0 aliphatic carbocycles. The van der Waals surface area contributed by atoms with Crippen LogP contribution in [0, 0.1) is 0 Å². The van der Waals surface area contributed by atoms with E-state index in [9.17, 15) is 9.90 Å². The predicted octanol–water partition coefficient (Wildman–Crippen LogP) is 1.09. The Balaban J connectivity index is 0.00000169. The molecule has 1 aromatic rings. The van der Waals surface area contributed by atoms with Gasteiger partial charge in [0, 0.05) is 17.7 Å². The minimum atomic E-state index is -0.00407. The van der Waals surface area contributed by atoms with E-state index in [-0.39, 0.29) is 30.5 Å². The molecule has 14 heavy (non-hydrogen) atoms. The number of carbonyl (C=O) groups excluding carboxylic acids is 1. The highest BCUT2D eigenvalue weighted by atomic mass is 35.5. The SMILES string of the molecule is COc1cc(C=O)cc(CN)c1O.Cl. The van der Waals surface area contributed by atoms with Gasteiger partial charge in [0.2, 0.25) is 0 Å². The van der Waals surface area contributed by atoms with Gasteiger partial charge in [-0.25, -0.2) is 0 Å². The fourth-order valence-corrected chi connectivity index (χ4v) is 1.07. The van der Waals surface area contributed by atoms with Gasteiger partial charge in [0.15, 0.2) is 11.5 Å². The van der Waals surface area contributed by atoms with Crippen molar-refractivity contribution in [1.29, 1.82) is 0 Å². The van der Waals surface area contributed by atoms with Gasteiger partial charge >= 0.3 is 0 Å². The van der Waals surface area contributed by atoms with Crippen molar-refractivity contribution < 1.29 is 14.6 Å². The molecule has 0 saturated carbocycles. The Morgan fingerprint density at radius 3 is 2.64 bits per heavy atom. The van der Waals surface area contributed by atoms with E-state index in [1.165, 1.54) is 19.2 Å². The van der Waals surface area contributed by atoms with E-state index >= 15 is 0 Å². The van der Waals surface area contributed by atoms with Crippen molar-refractivity contribution in [1.82, 2.24) is 0 Å². The minimum absolute atomic E-state index is 0. The minimum Gasteiger partial charge on any atom is -0.504 e. The molecule has 0 fully saturated rings. The highest BCUT2D eigenvalue weighted by molar-refractivity contribution is 5.85. The topological polar surface area (TPSA) is 72.5 Å². The summed E-state index contributed by atoms with van der Waals surface area (Å²) in [6.45, 7) is 0.171. The average molecular weight is 218 g/mol. The summed E-state index contributed by atoms with van der Waals surface area (Å²) in [5.41, 5.74) is 6.31. The molecule has 0 aliphatic heterocycles. The summed E-state index contributed by atoms with van der Waals surface area (Å²) in [7, 11) is 1.42. The number of benzene rings is 1. The van der Waals surface area contributed by atoms with E-state index in [2.05, 4.69) is 0 Å². The smallest absolute Gasteiger partial charge is 0.162 e. The van der Waals surface area contributed by atoms with Gasteiger partial charge in [0.25, 0.3) is 0 Å². The third kappa shape index (κ3) is 2.37. The van der Waals surface area contributed by atoms with Crippen LogP contribution in [0.3, 0.4) is 0 Å². The quantitative estimate of drug-likeness (QED) is 0.744. The Hall–Kier alpha value is -1.26. The van der Waals surface area contributed by atoms with Gasteiger partial charge < -0.3 is 15.6 Å². The molecule has 0 unspecified atom stereocenters. The van der Waals surface area contributed by atoms with Crippen LogP contribution in [-0.2, 0) is 6.54 Å². The second-order valence-corrected chi connectivity index (χ2v) is 2.55. The molecule has 0 saturated heterocycles. The average Bonchev–Trinajstić information content (AvgIpc) is 2.18. The number of hydrogen-bond donors (Lipinski definition) is 2. The third-order valence-electron chi connectivity index (χ3n) is 1.75. The van der Waals surface area contributed by atoms with Gasteiger partial charge in [-0.15, -0.1) is 12.4 Å². The zero-order chi connectivity index (χ0) is 9.84. The lowest BCUT2D eigenvalue weighted by atomic mass is 10.1. The molecule has 3 N–H and O–H groups in total. The van der Waals surface area contributed by atoms with Crippen molar-refractivity contribution >= 4 is 18.7 Å². The van der Waals surface area contributed by atoms with Gasteiger partial charge in [-0.05, 0) is 12.1 Å². The molecule has 1 rings (SSSR count). The highest BCUT2D eigenvalue weighted by Gasteiger charge is 2.08. The van der Waals surface area contributed by atoms with E-state index in [1.807, 2.05) is 0 Å². The summed E-state index contributed by atoms with van der Waals surface area (Å²) in [6, 6.07) is 2.99. The van der Waals surface area contributed by atoms with Crippen LogP contribution in [0.4, 0.5) is 0 Å². The molecule has 1 aromatic carbocycles. The summed E-state index contributed by atoms with van der Waals surface area (Å²) >= 11 is 0. The van der Waals surface area contributed by atoms with Crippen molar-refractivity contribution in [3.05, 3.63) is 23.3 Å². The van der Waals surface area contributed by atoms with Crippen LogP contribution < -0.4 is 10.5 Å². The number of carbonyl (C=O) groups is 1. The molecule has 4 nitrogen and oxygen atoms in total. The van der Waals surface area contributed by atoms with E-state index < -0.39 is 0 Å². The third-order valence-corrected chi connectivity index (χ3v) is 1.75. The Morgan fingerprint density at radius 1 is 1.57 bits per heavy atom. The molecule has 0 bridgehead atoms. The van der Waals surface area contributed by atoms with Crippen molar-refractivity contribution in [2.75, 3.05) is 7.11 Å². The van der Waals surface area contributed by atoms with Gasteiger partial charge in [0.1, 0.15) is 6.29 Å². The molecule has 0 amide bonds. The first-order valence-corrected chi connectivity index (χ1v) is 3.78. The number of phenolic OH excluding ortho intramolecular Hbond substituents is 1. The monoisotopic (exact) mass is 217 g/mol. The lowest BCUT2D eigenvalue weighted by Gasteiger charge is -2.07. The maximum atomic E-state index is 10.5. The largest absolute Gasteiger partial charge is 0.504 e. The maximum absolute atomic E-state index is 10.5. The van der Waals surface area contributed by atoms with Crippen LogP contribution in [-0.4, -0.2) is 18.5 Å². The summed E-state index contributed by atoms with van der Waals surface area (Å²) < 4.78 is 4.87. The van der Waals surface area contributed by atoms with Crippen molar-refractivity contribution in [3.63, 3.8) is 0 Å². The maximum Gasteiger partial charge on any atom is 0.162 e. The summed E-state index contributed by atoms with van der Waals surface area (Å²) in [5, 5.41) is 9.49. The molecule has 0 heterocycles. The lowest BCUT2D eigenvalue weighted by Crippen LogP contribution is -1.99. The van der Waals surface area contributed by atoms with Crippen LogP contribution >= 0.6 is 12.4 Å². The first-order valence-electron chi connectivity index (χ1n) is 3.78. The van der Waals surface area contributed by atoms with E-state index in [0.717, 1.165) is 0 Å². The number of hydrogen-bond acceptors (Lipinski definition) is 4. The van der Waals surface area contributed by atoms with Crippen LogP contribution in [0.2, 0.25) is 0 Å². The Morgan fingerprint density at radius 2 is 2.21 bits per heavy atom. The normalized spacial score (nSPS) is 9.00. The number of aromatic hydroxyl groups is 1. The fraction of sp³-hybridized carbons (Fsp3) is 0.222. The second kappa shape index (κ2) is 5.47. The number of rotatable bonds is 3. The molecular formula is C9H12ClNO3. The van der Waals surface area contributed by atoms with E-state index in [1.54, 1.807) is 0 Å². The van der Waals surface area contributed by atoms with Gasteiger partial charge in [0.05, 0.1) is 7.11 Å². The first-order chi connectivity index (χ1) is 6.22. The van der Waals surface area contributed by atoms with Gasteiger partial charge in [-0.3, -0.25) is 4.79 Å². The van der Waals surface area contributed by atoms with Gasteiger partial charge in [-0.1, -0.05) is 0 Å². The number of nitrogens with two attached hydrogens (primary N) is 1. The van der Waals surface area contributed by atoms with Crippen molar-refractivity contribution in [2.24, 2.45) is 5.73 Å². The zero-order valence-electron chi connectivity index (χ0n) is 7.69. The zero-order valence-corrected chi connectivity index (χ0v) is 8.50. The molecule has 0 atom stereocenters. The molecule has 78 valence electrons. The Bertz CT molecular complexity index is 303. The first kappa shape index (κ1) is 12.7. The van der Waals surface area contributed by atoms with Crippen LogP contribution in [0.5, 0.6) is 11.5 Å². The molecule has 5 heteroatoms. The summed E-state index contributed by atoms with van der Waals surface area (Å²) in [5.74, 6) is 0.264. The predicted molar refractivity (Wildman–Crippen MR) is 55.2 cm³/mol. The van der Waals surface area contributed by atoms with Crippen LogP contribution in [0.25, 0.3) is 0 Å². The summed E-state index contributed by atoms with van der Waals surface area (Å²) in [4.78, 5) is 10.5. The van der Waals surface area contributed by atoms with Crippen LogP contribution in [0.15, 0.2) is 12.1 Å². The van der Waals surface area contributed by atoms with E-state index in [4.69, 9.17) is 10.5 Å². The molecular weight excluding hydrogens is 206 g/mol. The second-order valence-electron chi connectivity index (χ2n) is 2.55. The number of aldehydes is 1. The summed E-state index contributed by atoms with van der Waals surface area (Å²) in [6.07, 6.45) is 0.682. The van der Waals surface area contributed by atoms with Crippen LogP contribution in [0.1, 0.15) is 15.9 Å². The van der Waals surface area contributed by atoms with E-state index in [0.29, 0.717) is 17.4 Å². The molecule has 0 aromatic heterocycles. The Labute approximate surface area is 88.1 Å². The fourth-order valence-electron chi connectivity index (χ4n) is 1.07. The van der Waals surface area contributed by atoms with Crippen molar-refractivity contribution in [2.45, 2.75) is 6.54 Å². The molecule has 0 radical (unpaired) electrons. The number of ether oxygens (including phenoxy) is 1. The number of phenols is 1. The Kier molecular flexibility index (Phi) is 4.97. The number of methoxy groups -OCH3 is 1.